The number of carbonyl (C=O) groups excluding carboxylic acids is 1. The summed E-state index contributed by atoms with van der Waals surface area (Å²) in [6.45, 7) is 0. The van der Waals surface area contributed by atoms with Crippen LogP contribution in [0.15, 0.2) is 84.9 Å². The molecule has 4 aromatic carbocycles. The number of aromatic nitrogens is 1. The van der Waals surface area contributed by atoms with Crippen molar-refractivity contribution in [1.82, 2.24) is 4.57 Å². The summed E-state index contributed by atoms with van der Waals surface area (Å²) >= 11 is 0. The first-order chi connectivity index (χ1) is 14.6. The summed E-state index contributed by atoms with van der Waals surface area (Å²) in [5.74, 6) is -0.922. The quantitative estimate of drug-likeness (QED) is 0.377. The van der Waals surface area contributed by atoms with Gasteiger partial charge in [0.2, 0.25) is 0 Å². The maximum absolute atomic E-state index is 14.8. The van der Waals surface area contributed by atoms with Gasteiger partial charge in [-0.3, -0.25) is 4.79 Å². The number of phenolic OH excluding ortho intramolecular Hbond substituents is 1. The highest BCUT2D eigenvalue weighted by Crippen LogP contribution is 2.43. The molecule has 1 heterocycles. The third kappa shape index (κ3) is 2.61. The number of nitrogens with zero attached hydrogens (tertiary/aromatic N) is 1. The van der Waals surface area contributed by atoms with Crippen molar-refractivity contribution in [3.8, 4) is 16.9 Å². The molecule has 3 nitrogen and oxygen atoms in total. The first kappa shape index (κ1) is 18.1. The second kappa shape index (κ2) is 6.85. The Hall–Kier alpha value is -3.92. The predicted octanol–water partition coefficient (Wildman–Crippen LogP) is 6.07. The number of hydrogen-bond acceptors (Lipinski definition) is 2. The number of ketones is 1. The SMILES string of the molecule is Cn1c2ccccc2c2c(O)c(C(=O)c3ccccc3)c(-c3ccccc3F)cc21. The average Bonchev–Trinajstić information content (AvgIpc) is 3.07. The number of carbonyl (C=O) groups is 1. The Morgan fingerprint density at radius 1 is 0.833 bits per heavy atom. The molecule has 4 heteroatoms. The highest BCUT2D eigenvalue weighted by Gasteiger charge is 2.25. The molecule has 30 heavy (non-hydrogen) atoms. The third-order valence-electron chi connectivity index (χ3n) is 5.60. The van der Waals surface area contributed by atoms with Gasteiger partial charge in [0, 0.05) is 34.6 Å². The van der Waals surface area contributed by atoms with Gasteiger partial charge in [-0.2, -0.15) is 0 Å². The first-order valence-corrected chi connectivity index (χ1v) is 9.65. The van der Waals surface area contributed by atoms with Crippen LogP contribution in [0, 0.1) is 5.82 Å². The molecule has 0 bridgehead atoms. The Bertz CT molecular complexity index is 1430. The molecule has 0 saturated carbocycles. The number of aryl methyl sites for hydroxylation is 1. The van der Waals surface area contributed by atoms with Crippen molar-refractivity contribution in [3.05, 3.63) is 102 Å². The largest absolute Gasteiger partial charge is 0.506 e. The van der Waals surface area contributed by atoms with E-state index in [0.29, 0.717) is 16.5 Å². The molecule has 0 aliphatic carbocycles. The van der Waals surface area contributed by atoms with E-state index in [1.54, 1.807) is 48.5 Å². The van der Waals surface area contributed by atoms with Crippen LogP contribution in [0.5, 0.6) is 5.75 Å². The molecule has 0 saturated heterocycles. The van der Waals surface area contributed by atoms with Gasteiger partial charge in [0.1, 0.15) is 11.6 Å². The van der Waals surface area contributed by atoms with Crippen LogP contribution in [0.25, 0.3) is 32.9 Å². The summed E-state index contributed by atoms with van der Waals surface area (Å²) in [6, 6.07) is 24.5. The lowest BCUT2D eigenvalue weighted by Gasteiger charge is -2.14. The van der Waals surface area contributed by atoms with Gasteiger partial charge in [0.25, 0.3) is 0 Å². The zero-order valence-electron chi connectivity index (χ0n) is 16.3. The van der Waals surface area contributed by atoms with Crippen LogP contribution in [0.3, 0.4) is 0 Å². The monoisotopic (exact) mass is 395 g/mol. The highest BCUT2D eigenvalue weighted by atomic mass is 19.1. The van der Waals surface area contributed by atoms with Gasteiger partial charge in [-0.15, -0.1) is 0 Å². The van der Waals surface area contributed by atoms with Crippen LogP contribution in [0.4, 0.5) is 4.39 Å². The third-order valence-corrected chi connectivity index (χ3v) is 5.60. The van der Waals surface area contributed by atoms with Crippen molar-refractivity contribution >= 4 is 27.6 Å². The van der Waals surface area contributed by atoms with E-state index in [1.165, 1.54) is 6.07 Å². The summed E-state index contributed by atoms with van der Waals surface area (Å²) in [4.78, 5) is 13.5. The number of phenols is 1. The van der Waals surface area contributed by atoms with Crippen molar-refractivity contribution in [1.29, 1.82) is 0 Å². The summed E-state index contributed by atoms with van der Waals surface area (Å²) in [5.41, 5.74) is 2.85. The Kier molecular flexibility index (Phi) is 4.14. The van der Waals surface area contributed by atoms with Crippen LogP contribution >= 0.6 is 0 Å². The van der Waals surface area contributed by atoms with Gasteiger partial charge < -0.3 is 9.67 Å². The topological polar surface area (TPSA) is 42.2 Å². The Morgan fingerprint density at radius 2 is 1.50 bits per heavy atom. The van der Waals surface area contributed by atoms with E-state index < -0.39 is 5.82 Å². The molecule has 0 atom stereocenters. The summed E-state index contributed by atoms with van der Waals surface area (Å²) in [5, 5.41) is 12.8. The molecule has 146 valence electrons. The van der Waals surface area contributed by atoms with Gasteiger partial charge >= 0.3 is 0 Å². The first-order valence-electron chi connectivity index (χ1n) is 9.65. The standard InChI is InChI=1S/C26H18FNO2/c1-28-21-14-8-6-12-18(21)23-22(28)15-19(17-11-5-7-13-20(17)27)24(26(23)30)25(29)16-9-3-2-4-10-16/h2-15,30H,1H3. The van der Waals surface area contributed by atoms with E-state index in [4.69, 9.17) is 0 Å². The molecule has 0 aliphatic heterocycles. The number of aromatic hydroxyl groups is 1. The molecule has 0 amide bonds. The minimum absolute atomic E-state index is 0.107. The molecule has 0 spiro atoms. The summed E-state index contributed by atoms with van der Waals surface area (Å²) in [6.07, 6.45) is 0. The van der Waals surface area contributed by atoms with Gasteiger partial charge in [-0.1, -0.05) is 66.7 Å². The second-order valence-corrected chi connectivity index (χ2v) is 7.29. The highest BCUT2D eigenvalue weighted by molar-refractivity contribution is 6.22. The lowest BCUT2D eigenvalue weighted by molar-refractivity contribution is 0.103. The van der Waals surface area contributed by atoms with Crippen LogP contribution in [-0.4, -0.2) is 15.5 Å². The normalized spacial score (nSPS) is 11.3. The molecule has 0 fully saturated rings. The van der Waals surface area contributed by atoms with Gasteiger partial charge in [0.05, 0.1) is 16.5 Å². The van der Waals surface area contributed by atoms with Crippen LogP contribution in [0.1, 0.15) is 15.9 Å². The van der Waals surface area contributed by atoms with Crippen molar-refractivity contribution in [3.63, 3.8) is 0 Å². The number of benzene rings is 4. The number of hydrogen-bond donors (Lipinski definition) is 1. The Labute approximate surface area is 172 Å². The van der Waals surface area contributed by atoms with E-state index in [1.807, 2.05) is 41.9 Å². The zero-order valence-corrected chi connectivity index (χ0v) is 16.3. The minimum atomic E-state index is -0.447. The molecule has 0 unspecified atom stereocenters. The van der Waals surface area contributed by atoms with Gasteiger partial charge in [0.15, 0.2) is 5.78 Å². The number of para-hydroxylation sites is 1. The molecule has 5 aromatic rings. The van der Waals surface area contributed by atoms with E-state index in [-0.39, 0.29) is 22.7 Å². The van der Waals surface area contributed by atoms with Crippen molar-refractivity contribution < 1.29 is 14.3 Å². The van der Waals surface area contributed by atoms with Crippen LogP contribution in [0.2, 0.25) is 0 Å². The fraction of sp³-hybridized carbons (Fsp3) is 0.0385. The predicted molar refractivity (Wildman–Crippen MR) is 117 cm³/mol. The van der Waals surface area contributed by atoms with Crippen molar-refractivity contribution in [2.45, 2.75) is 0 Å². The Balaban J connectivity index is 1.94. The zero-order chi connectivity index (χ0) is 20.8. The lowest BCUT2D eigenvalue weighted by Crippen LogP contribution is -2.05. The van der Waals surface area contributed by atoms with Crippen LogP contribution < -0.4 is 0 Å². The number of rotatable bonds is 3. The summed E-state index contributed by atoms with van der Waals surface area (Å²) < 4.78 is 16.7. The molecule has 0 radical (unpaired) electrons. The molecule has 1 N–H and O–H groups in total. The van der Waals surface area contributed by atoms with Crippen molar-refractivity contribution in [2.75, 3.05) is 0 Å². The van der Waals surface area contributed by atoms with E-state index in [0.717, 1.165) is 16.4 Å². The van der Waals surface area contributed by atoms with Gasteiger partial charge in [-0.25, -0.2) is 4.39 Å². The summed E-state index contributed by atoms with van der Waals surface area (Å²) in [7, 11) is 1.90. The average molecular weight is 395 g/mol. The van der Waals surface area contributed by atoms with E-state index in [9.17, 15) is 14.3 Å². The molecule has 0 aliphatic rings. The molecule has 1 aromatic heterocycles. The van der Waals surface area contributed by atoms with Gasteiger partial charge in [-0.05, 0) is 18.2 Å². The smallest absolute Gasteiger partial charge is 0.197 e. The molecular weight excluding hydrogens is 377 g/mol. The van der Waals surface area contributed by atoms with E-state index >= 15 is 0 Å². The fourth-order valence-electron chi connectivity index (χ4n) is 4.15. The maximum atomic E-state index is 14.8. The number of halogens is 1. The fourth-order valence-corrected chi connectivity index (χ4v) is 4.15. The Morgan fingerprint density at radius 3 is 2.27 bits per heavy atom. The van der Waals surface area contributed by atoms with E-state index in [2.05, 4.69) is 0 Å². The van der Waals surface area contributed by atoms with Crippen molar-refractivity contribution in [2.24, 2.45) is 7.05 Å². The maximum Gasteiger partial charge on any atom is 0.197 e. The lowest BCUT2D eigenvalue weighted by atomic mass is 9.90. The molecular formula is C26H18FNO2. The second-order valence-electron chi connectivity index (χ2n) is 7.29. The minimum Gasteiger partial charge on any atom is -0.506 e. The van der Waals surface area contributed by atoms with Crippen LogP contribution in [-0.2, 0) is 7.05 Å². The molecule has 5 rings (SSSR count). The number of fused-ring (bicyclic) bond motifs is 3.